The van der Waals surface area contributed by atoms with E-state index in [2.05, 4.69) is 0 Å². The Morgan fingerprint density at radius 1 is 1.16 bits per heavy atom. The van der Waals surface area contributed by atoms with Gasteiger partial charge in [-0.3, -0.25) is 9.69 Å². The van der Waals surface area contributed by atoms with Crippen LogP contribution >= 0.6 is 0 Å². The number of hydrogen-bond donors (Lipinski definition) is 1. The average Bonchev–Trinajstić information content (AvgIpc) is 2.52. The molecule has 5 nitrogen and oxygen atoms in total. The van der Waals surface area contributed by atoms with Gasteiger partial charge in [-0.25, -0.2) is 8.42 Å². The van der Waals surface area contributed by atoms with E-state index in [4.69, 9.17) is 5.11 Å². The van der Waals surface area contributed by atoms with E-state index in [0.29, 0.717) is 25.1 Å². The summed E-state index contributed by atoms with van der Waals surface area (Å²) in [5.74, 6) is 0.393. The summed E-state index contributed by atoms with van der Waals surface area (Å²) >= 11 is 0. The van der Waals surface area contributed by atoms with Crippen LogP contribution in [-0.2, 0) is 9.84 Å². The van der Waals surface area contributed by atoms with Crippen LogP contribution in [0.3, 0.4) is 0 Å². The predicted molar refractivity (Wildman–Crippen MR) is 72.1 cm³/mol. The van der Waals surface area contributed by atoms with Crippen molar-refractivity contribution < 1.29 is 18.3 Å². The third-order valence-electron chi connectivity index (χ3n) is 3.20. The Kier molecular flexibility index (Phi) is 4.21. The summed E-state index contributed by atoms with van der Waals surface area (Å²) in [6, 6.07) is 6.10. The van der Waals surface area contributed by atoms with Crippen LogP contribution in [0.15, 0.2) is 24.3 Å². The molecule has 19 heavy (non-hydrogen) atoms. The first kappa shape index (κ1) is 14.0. The van der Waals surface area contributed by atoms with Crippen LogP contribution < -0.4 is 0 Å². The summed E-state index contributed by atoms with van der Waals surface area (Å²) in [5, 5.41) is 9.17. The molecule has 0 radical (unpaired) electrons. The van der Waals surface area contributed by atoms with Gasteiger partial charge in [0, 0.05) is 12.1 Å². The molecule has 104 valence electrons. The highest BCUT2D eigenvalue weighted by Crippen LogP contribution is 2.11. The zero-order valence-corrected chi connectivity index (χ0v) is 11.4. The third kappa shape index (κ3) is 4.04. The van der Waals surface area contributed by atoms with E-state index in [9.17, 15) is 13.2 Å². The molecule has 6 heteroatoms. The van der Waals surface area contributed by atoms with Crippen molar-refractivity contribution in [1.82, 2.24) is 4.90 Å². The quantitative estimate of drug-likeness (QED) is 0.826. The number of Topliss-reactive ketones (excluding diaryl/α,β-unsaturated/α-hetero) is 1. The Morgan fingerprint density at radius 3 is 2.53 bits per heavy atom. The fraction of sp³-hybridized carbons (Fsp3) is 0.462. The Morgan fingerprint density at radius 2 is 1.84 bits per heavy atom. The maximum absolute atomic E-state index is 12.0. The van der Waals surface area contributed by atoms with E-state index in [0.717, 1.165) is 0 Å². The van der Waals surface area contributed by atoms with E-state index in [1.54, 1.807) is 12.1 Å². The largest absolute Gasteiger partial charge is 0.508 e. The molecule has 1 heterocycles. The number of ketones is 1. The molecule has 1 aliphatic rings. The molecule has 0 saturated carbocycles. The summed E-state index contributed by atoms with van der Waals surface area (Å²) in [4.78, 5) is 13.9. The lowest BCUT2D eigenvalue weighted by Gasteiger charge is -2.17. The number of phenols is 1. The van der Waals surface area contributed by atoms with Crippen molar-refractivity contribution in [3.63, 3.8) is 0 Å². The van der Waals surface area contributed by atoms with Gasteiger partial charge in [-0.05, 0) is 37.2 Å². The average molecular weight is 283 g/mol. The van der Waals surface area contributed by atoms with Gasteiger partial charge in [-0.2, -0.15) is 0 Å². The molecule has 1 aliphatic heterocycles. The first-order valence-electron chi connectivity index (χ1n) is 6.21. The SMILES string of the molecule is O=C(CN1CCCS(=O)(=O)CC1)c1ccc(O)cc1. The van der Waals surface area contributed by atoms with E-state index in [-0.39, 0.29) is 29.6 Å². The van der Waals surface area contributed by atoms with Crippen molar-refractivity contribution in [2.45, 2.75) is 6.42 Å². The summed E-state index contributed by atoms with van der Waals surface area (Å²) < 4.78 is 22.9. The molecule has 0 bridgehead atoms. The number of rotatable bonds is 3. The number of benzene rings is 1. The molecule has 0 spiro atoms. The minimum absolute atomic E-state index is 0.0562. The molecule has 0 amide bonds. The highest BCUT2D eigenvalue weighted by Gasteiger charge is 2.20. The highest BCUT2D eigenvalue weighted by atomic mass is 32.2. The number of phenolic OH excluding ortho intramolecular Hbond substituents is 1. The van der Waals surface area contributed by atoms with Gasteiger partial charge in [0.2, 0.25) is 0 Å². The van der Waals surface area contributed by atoms with Gasteiger partial charge in [0.1, 0.15) is 5.75 Å². The number of carbonyl (C=O) groups is 1. The molecule has 1 aromatic rings. The zero-order valence-electron chi connectivity index (χ0n) is 10.6. The van der Waals surface area contributed by atoms with Crippen molar-refractivity contribution in [2.24, 2.45) is 0 Å². The summed E-state index contributed by atoms with van der Waals surface area (Å²) in [6.45, 7) is 1.26. The molecule has 1 saturated heterocycles. The summed E-state index contributed by atoms with van der Waals surface area (Å²) in [5.41, 5.74) is 0.532. The Bertz CT molecular complexity index is 551. The molecule has 0 aromatic heterocycles. The molecule has 1 aromatic carbocycles. The second kappa shape index (κ2) is 5.71. The maximum Gasteiger partial charge on any atom is 0.176 e. The predicted octanol–water partition coefficient (Wildman–Crippen LogP) is 0.695. The molecule has 1 N–H and O–H groups in total. The Labute approximate surface area is 112 Å². The minimum Gasteiger partial charge on any atom is -0.508 e. The lowest BCUT2D eigenvalue weighted by molar-refractivity contribution is 0.0935. The van der Waals surface area contributed by atoms with Gasteiger partial charge in [0.25, 0.3) is 0 Å². The minimum atomic E-state index is -2.94. The van der Waals surface area contributed by atoms with Gasteiger partial charge in [0.05, 0.1) is 18.1 Å². The number of carbonyl (C=O) groups excluding carboxylic acids is 1. The standard InChI is InChI=1S/C13H17NO4S/c15-12-4-2-11(3-5-12)13(16)10-14-6-1-8-19(17,18)9-7-14/h2-5,15H,1,6-10H2. The third-order valence-corrected chi connectivity index (χ3v) is 4.92. The van der Waals surface area contributed by atoms with Gasteiger partial charge in [-0.15, -0.1) is 0 Å². The molecule has 2 rings (SSSR count). The van der Waals surface area contributed by atoms with Crippen LogP contribution in [0.5, 0.6) is 5.75 Å². The van der Waals surface area contributed by atoms with Crippen molar-refractivity contribution in [3.8, 4) is 5.75 Å². The molecular formula is C13H17NO4S. The summed E-state index contributed by atoms with van der Waals surface area (Å²) in [6.07, 6.45) is 0.575. The first-order chi connectivity index (χ1) is 8.96. The fourth-order valence-corrected chi connectivity index (χ4v) is 3.40. The van der Waals surface area contributed by atoms with E-state index in [1.807, 2.05) is 4.90 Å². The van der Waals surface area contributed by atoms with Crippen molar-refractivity contribution in [3.05, 3.63) is 29.8 Å². The van der Waals surface area contributed by atoms with Gasteiger partial charge >= 0.3 is 0 Å². The maximum atomic E-state index is 12.0. The molecule has 0 atom stereocenters. The second-order valence-corrected chi connectivity index (χ2v) is 7.06. The van der Waals surface area contributed by atoms with E-state index >= 15 is 0 Å². The molecular weight excluding hydrogens is 266 g/mol. The van der Waals surface area contributed by atoms with E-state index < -0.39 is 9.84 Å². The van der Waals surface area contributed by atoms with Crippen molar-refractivity contribution in [1.29, 1.82) is 0 Å². The van der Waals surface area contributed by atoms with Gasteiger partial charge in [-0.1, -0.05) is 0 Å². The van der Waals surface area contributed by atoms with Crippen LogP contribution in [0.25, 0.3) is 0 Å². The molecule has 0 aliphatic carbocycles. The van der Waals surface area contributed by atoms with Crippen LogP contribution in [0.4, 0.5) is 0 Å². The first-order valence-corrected chi connectivity index (χ1v) is 8.03. The highest BCUT2D eigenvalue weighted by molar-refractivity contribution is 7.91. The number of sulfone groups is 1. The second-order valence-electron chi connectivity index (χ2n) is 4.75. The van der Waals surface area contributed by atoms with Crippen molar-refractivity contribution in [2.75, 3.05) is 31.1 Å². The van der Waals surface area contributed by atoms with E-state index in [1.165, 1.54) is 12.1 Å². The topological polar surface area (TPSA) is 74.7 Å². The van der Waals surface area contributed by atoms with Crippen LogP contribution in [0.2, 0.25) is 0 Å². The van der Waals surface area contributed by atoms with Crippen molar-refractivity contribution >= 4 is 15.6 Å². The lowest BCUT2D eigenvalue weighted by atomic mass is 10.1. The molecule has 0 unspecified atom stereocenters. The van der Waals surface area contributed by atoms with Gasteiger partial charge in [0.15, 0.2) is 15.6 Å². The normalized spacial score (nSPS) is 19.8. The zero-order chi connectivity index (χ0) is 13.9. The number of hydrogen-bond acceptors (Lipinski definition) is 5. The summed E-state index contributed by atoms with van der Waals surface area (Å²) in [7, 11) is -2.94. The fourth-order valence-electron chi connectivity index (χ4n) is 2.09. The number of aromatic hydroxyl groups is 1. The monoisotopic (exact) mass is 283 g/mol. The van der Waals surface area contributed by atoms with Gasteiger partial charge < -0.3 is 5.11 Å². The number of nitrogens with zero attached hydrogens (tertiary/aromatic N) is 1. The smallest absolute Gasteiger partial charge is 0.176 e. The van der Waals surface area contributed by atoms with Crippen LogP contribution in [0, 0.1) is 0 Å². The molecule has 1 fully saturated rings. The van der Waals surface area contributed by atoms with Crippen LogP contribution in [-0.4, -0.2) is 55.3 Å². The lowest BCUT2D eigenvalue weighted by Crippen LogP contribution is -2.32. The Balaban J connectivity index is 1.97. The van der Waals surface area contributed by atoms with Crippen LogP contribution in [0.1, 0.15) is 16.8 Å². The Hall–Kier alpha value is -1.40.